The topological polar surface area (TPSA) is 70.2 Å². The maximum absolute atomic E-state index is 14.0. The van der Waals surface area contributed by atoms with Gasteiger partial charge in [0.05, 0.1) is 17.5 Å². The summed E-state index contributed by atoms with van der Waals surface area (Å²) in [5, 5.41) is 8.86. The van der Waals surface area contributed by atoms with Crippen molar-refractivity contribution in [3.05, 3.63) is 46.5 Å². The number of nitrogens with one attached hydrogen (secondary N) is 3. The molecule has 5 atom stereocenters. The van der Waals surface area contributed by atoms with Gasteiger partial charge in [0.15, 0.2) is 0 Å². The van der Waals surface area contributed by atoms with E-state index < -0.39 is 29.5 Å². The number of hydrogen-bond donors (Lipinski definition) is 3. The third-order valence-electron chi connectivity index (χ3n) is 5.64. The molecular formula is C20H24ClF2N3O2. The number of hydrogen-bond acceptors (Lipinski definition) is 3. The fourth-order valence-electron chi connectivity index (χ4n) is 4.11. The number of alkyl halides is 1. The Balaban J connectivity index is 1.80. The molecule has 1 aromatic rings. The molecular weight excluding hydrogens is 388 g/mol. The van der Waals surface area contributed by atoms with Crippen LogP contribution in [-0.4, -0.2) is 29.9 Å². The van der Waals surface area contributed by atoms with Crippen molar-refractivity contribution in [1.29, 1.82) is 0 Å². The Morgan fingerprint density at radius 2 is 2.04 bits per heavy atom. The molecule has 8 heteroatoms. The van der Waals surface area contributed by atoms with Crippen LogP contribution in [0.25, 0.3) is 0 Å². The van der Waals surface area contributed by atoms with Crippen LogP contribution in [0, 0.1) is 23.5 Å². The quantitative estimate of drug-likeness (QED) is 0.527. The van der Waals surface area contributed by atoms with E-state index in [1.54, 1.807) is 13.8 Å². The molecule has 0 saturated carbocycles. The predicted molar refractivity (Wildman–Crippen MR) is 102 cm³/mol. The van der Waals surface area contributed by atoms with Gasteiger partial charge in [-0.25, -0.2) is 8.78 Å². The molecule has 152 valence electrons. The lowest BCUT2D eigenvalue weighted by molar-refractivity contribution is -0.127. The molecule has 5 nitrogen and oxygen atoms in total. The SMILES string of the molecule is CC1=C([C@H](C)C(=O)N[C@@H](C)c2ccc(F)cc2F)C(=O)NC2CCNC(Cl)C12. The van der Waals surface area contributed by atoms with Gasteiger partial charge in [-0.05, 0) is 39.8 Å². The zero-order valence-corrected chi connectivity index (χ0v) is 16.7. The number of benzene rings is 1. The average Bonchev–Trinajstić information content (AvgIpc) is 2.61. The summed E-state index contributed by atoms with van der Waals surface area (Å²) in [7, 11) is 0. The molecule has 2 aliphatic rings. The summed E-state index contributed by atoms with van der Waals surface area (Å²) in [5.41, 5.74) is 1.04. The van der Waals surface area contributed by atoms with Gasteiger partial charge in [0.2, 0.25) is 11.8 Å². The number of rotatable bonds is 4. The monoisotopic (exact) mass is 411 g/mol. The van der Waals surface area contributed by atoms with E-state index in [1.807, 2.05) is 6.92 Å². The Morgan fingerprint density at radius 1 is 1.32 bits per heavy atom. The van der Waals surface area contributed by atoms with Crippen molar-refractivity contribution in [1.82, 2.24) is 16.0 Å². The van der Waals surface area contributed by atoms with Gasteiger partial charge >= 0.3 is 0 Å². The normalized spacial score (nSPS) is 26.9. The summed E-state index contributed by atoms with van der Waals surface area (Å²) in [5.74, 6) is -2.92. The van der Waals surface area contributed by atoms with Crippen LogP contribution in [0.4, 0.5) is 8.78 Å². The molecule has 0 aromatic heterocycles. The third kappa shape index (κ3) is 3.91. The molecule has 2 amide bonds. The minimum Gasteiger partial charge on any atom is -0.349 e. The van der Waals surface area contributed by atoms with E-state index in [1.165, 1.54) is 6.07 Å². The largest absolute Gasteiger partial charge is 0.349 e. The highest BCUT2D eigenvalue weighted by molar-refractivity contribution is 6.21. The lowest BCUT2D eigenvalue weighted by atomic mass is 9.78. The predicted octanol–water partition coefficient (Wildman–Crippen LogP) is 2.77. The fourth-order valence-corrected chi connectivity index (χ4v) is 4.59. The summed E-state index contributed by atoms with van der Waals surface area (Å²) in [6, 6.07) is 2.49. The first kappa shape index (κ1) is 20.7. The first-order valence-corrected chi connectivity index (χ1v) is 9.78. The van der Waals surface area contributed by atoms with Crippen molar-refractivity contribution in [2.45, 2.75) is 44.8 Å². The van der Waals surface area contributed by atoms with E-state index in [9.17, 15) is 18.4 Å². The molecule has 2 heterocycles. The summed E-state index contributed by atoms with van der Waals surface area (Å²) >= 11 is 6.41. The highest BCUT2D eigenvalue weighted by Gasteiger charge is 2.42. The Kier molecular flexibility index (Phi) is 6.05. The van der Waals surface area contributed by atoms with E-state index in [0.29, 0.717) is 5.57 Å². The van der Waals surface area contributed by atoms with Gasteiger partial charge in [-0.15, -0.1) is 11.6 Å². The average molecular weight is 412 g/mol. The van der Waals surface area contributed by atoms with Gasteiger partial charge in [-0.3, -0.25) is 9.59 Å². The minimum absolute atomic E-state index is 0.0532. The molecule has 0 aliphatic carbocycles. The van der Waals surface area contributed by atoms with E-state index in [-0.39, 0.29) is 28.9 Å². The Bertz CT molecular complexity index is 830. The number of fused-ring (bicyclic) bond motifs is 1. The van der Waals surface area contributed by atoms with Crippen LogP contribution in [0.1, 0.15) is 38.8 Å². The fraction of sp³-hybridized carbons (Fsp3) is 0.500. The van der Waals surface area contributed by atoms with E-state index >= 15 is 0 Å². The summed E-state index contributed by atoms with van der Waals surface area (Å²) in [6.45, 7) is 5.80. The molecule has 0 bridgehead atoms. The lowest BCUT2D eigenvalue weighted by Crippen LogP contribution is -2.57. The van der Waals surface area contributed by atoms with Crippen LogP contribution in [0.5, 0.6) is 0 Å². The standard InChI is InChI=1S/C20H24ClF2N3O2/c1-9-16(20(28)26-15-6-7-24-18(21)17(9)15)10(2)19(27)25-11(3)13-5-4-12(22)8-14(13)23/h4-5,8,10-11,15,17-18,24H,6-7H2,1-3H3,(H,25,27)(H,26,28)/t10-,11-,15?,17?,18?/m0/s1. The number of halogens is 3. The minimum atomic E-state index is -0.738. The molecule has 2 aliphatic heterocycles. The molecule has 3 unspecified atom stereocenters. The van der Waals surface area contributed by atoms with E-state index in [0.717, 1.165) is 30.7 Å². The highest BCUT2D eigenvalue weighted by atomic mass is 35.5. The first-order chi connectivity index (χ1) is 13.2. The smallest absolute Gasteiger partial charge is 0.248 e. The van der Waals surface area contributed by atoms with Crippen LogP contribution < -0.4 is 16.0 Å². The Labute approximate surface area is 167 Å². The molecule has 3 rings (SSSR count). The highest BCUT2D eigenvalue weighted by Crippen LogP contribution is 2.35. The number of carbonyl (C=O) groups is 2. The van der Waals surface area contributed by atoms with Crippen LogP contribution >= 0.6 is 11.6 Å². The summed E-state index contributed by atoms with van der Waals surface area (Å²) in [6.07, 6.45) is 0.770. The third-order valence-corrected chi connectivity index (χ3v) is 6.07. The Morgan fingerprint density at radius 3 is 2.71 bits per heavy atom. The van der Waals surface area contributed by atoms with Gasteiger partial charge in [0, 0.05) is 29.2 Å². The number of piperidine rings is 1. The second-order valence-corrected chi connectivity index (χ2v) is 7.93. The second-order valence-electron chi connectivity index (χ2n) is 7.46. The second kappa shape index (κ2) is 8.17. The van der Waals surface area contributed by atoms with Crippen LogP contribution in [-0.2, 0) is 9.59 Å². The van der Waals surface area contributed by atoms with Gasteiger partial charge in [0.1, 0.15) is 11.6 Å². The summed E-state index contributed by atoms with van der Waals surface area (Å²) in [4.78, 5) is 25.4. The van der Waals surface area contributed by atoms with Crippen molar-refractivity contribution in [2.75, 3.05) is 6.54 Å². The number of carbonyl (C=O) groups excluding carboxylic acids is 2. The van der Waals surface area contributed by atoms with Gasteiger partial charge in [0.25, 0.3) is 0 Å². The molecule has 1 aromatic carbocycles. The zero-order valence-electron chi connectivity index (χ0n) is 16.0. The van der Waals surface area contributed by atoms with Crippen molar-refractivity contribution >= 4 is 23.4 Å². The maximum atomic E-state index is 14.0. The first-order valence-electron chi connectivity index (χ1n) is 9.35. The zero-order chi connectivity index (χ0) is 20.6. The van der Waals surface area contributed by atoms with Crippen LogP contribution in [0.2, 0.25) is 0 Å². The Hall–Kier alpha value is -1.99. The van der Waals surface area contributed by atoms with Crippen molar-refractivity contribution in [3.63, 3.8) is 0 Å². The molecule has 1 fully saturated rings. The van der Waals surface area contributed by atoms with Gasteiger partial charge in [-0.1, -0.05) is 11.6 Å². The van der Waals surface area contributed by atoms with Crippen LogP contribution in [0.15, 0.2) is 29.3 Å². The van der Waals surface area contributed by atoms with E-state index in [2.05, 4.69) is 16.0 Å². The molecule has 0 radical (unpaired) electrons. The van der Waals surface area contributed by atoms with Crippen LogP contribution in [0.3, 0.4) is 0 Å². The molecule has 1 saturated heterocycles. The van der Waals surface area contributed by atoms with Gasteiger partial charge < -0.3 is 16.0 Å². The van der Waals surface area contributed by atoms with Crippen molar-refractivity contribution in [2.24, 2.45) is 11.8 Å². The maximum Gasteiger partial charge on any atom is 0.248 e. The van der Waals surface area contributed by atoms with E-state index in [4.69, 9.17) is 11.6 Å². The van der Waals surface area contributed by atoms with Gasteiger partial charge in [-0.2, -0.15) is 0 Å². The lowest BCUT2D eigenvalue weighted by Gasteiger charge is -2.42. The molecule has 0 spiro atoms. The summed E-state index contributed by atoms with van der Waals surface area (Å²) < 4.78 is 27.1. The van der Waals surface area contributed by atoms with Crippen molar-refractivity contribution < 1.29 is 18.4 Å². The molecule has 28 heavy (non-hydrogen) atoms. The number of amides is 2. The van der Waals surface area contributed by atoms with Crippen molar-refractivity contribution in [3.8, 4) is 0 Å². The molecule has 3 N–H and O–H groups in total.